The summed E-state index contributed by atoms with van der Waals surface area (Å²) < 4.78 is 0. The van der Waals surface area contributed by atoms with Crippen molar-refractivity contribution in [2.24, 2.45) is 0 Å². The van der Waals surface area contributed by atoms with Crippen molar-refractivity contribution >= 4 is 17.3 Å². The predicted molar refractivity (Wildman–Crippen MR) is 89.5 cm³/mol. The Bertz CT molecular complexity index is 606. The number of hydrogen-bond donors (Lipinski definition) is 1. The SMILES string of the molecule is CCN(CC)Cc1nc(CCc2ccccc2)c(C(=O)O)s1. The van der Waals surface area contributed by atoms with Crippen molar-refractivity contribution in [1.29, 1.82) is 0 Å². The second kappa shape index (κ2) is 8.06. The molecule has 2 rings (SSSR count). The van der Waals surface area contributed by atoms with E-state index >= 15 is 0 Å². The van der Waals surface area contributed by atoms with E-state index in [1.165, 1.54) is 16.9 Å². The molecule has 4 nitrogen and oxygen atoms in total. The molecule has 1 N–H and O–H groups in total. The van der Waals surface area contributed by atoms with E-state index in [0.29, 0.717) is 17.0 Å². The number of aromatic carboxylic acids is 1. The maximum Gasteiger partial charge on any atom is 0.347 e. The molecule has 22 heavy (non-hydrogen) atoms. The first-order valence-corrected chi connectivity index (χ1v) is 8.43. The van der Waals surface area contributed by atoms with Gasteiger partial charge in [0.2, 0.25) is 0 Å². The van der Waals surface area contributed by atoms with Gasteiger partial charge in [0, 0.05) is 0 Å². The molecule has 118 valence electrons. The highest BCUT2D eigenvalue weighted by Gasteiger charge is 2.18. The topological polar surface area (TPSA) is 53.4 Å². The van der Waals surface area contributed by atoms with Gasteiger partial charge in [-0.05, 0) is 31.5 Å². The molecule has 0 radical (unpaired) electrons. The molecule has 0 saturated carbocycles. The minimum Gasteiger partial charge on any atom is -0.477 e. The Morgan fingerprint density at radius 3 is 2.45 bits per heavy atom. The van der Waals surface area contributed by atoms with Gasteiger partial charge in [0.15, 0.2) is 0 Å². The molecule has 0 aliphatic rings. The Balaban J connectivity index is 2.11. The van der Waals surface area contributed by atoms with Crippen molar-refractivity contribution in [3.8, 4) is 0 Å². The van der Waals surface area contributed by atoms with Crippen LogP contribution in [0.15, 0.2) is 30.3 Å². The number of thiazole rings is 1. The maximum atomic E-state index is 11.4. The average molecular weight is 318 g/mol. The summed E-state index contributed by atoms with van der Waals surface area (Å²) >= 11 is 1.31. The molecule has 1 aromatic heterocycles. The largest absolute Gasteiger partial charge is 0.477 e. The van der Waals surface area contributed by atoms with Crippen molar-refractivity contribution in [1.82, 2.24) is 9.88 Å². The molecule has 1 heterocycles. The number of carboxylic acids is 1. The highest BCUT2D eigenvalue weighted by atomic mass is 32.1. The first kappa shape index (κ1) is 16.6. The summed E-state index contributed by atoms with van der Waals surface area (Å²) in [7, 11) is 0. The molecule has 0 unspecified atom stereocenters. The van der Waals surface area contributed by atoms with Gasteiger partial charge in [-0.25, -0.2) is 9.78 Å². The van der Waals surface area contributed by atoms with Crippen LogP contribution in [-0.4, -0.2) is 34.0 Å². The number of nitrogens with zero attached hydrogens (tertiary/aromatic N) is 2. The summed E-state index contributed by atoms with van der Waals surface area (Å²) in [5, 5.41) is 10.3. The number of benzene rings is 1. The third kappa shape index (κ3) is 4.39. The van der Waals surface area contributed by atoms with E-state index in [1.54, 1.807) is 0 Å². The highest BCUT2D eigenvalue weighted by Crippen LogP contribution is 2.22. The molecular weight excluding hydrogens is 296 g/mol. The lowest BCUT2D eigenvalue weighted by molar-refractivity contribution is 0.0700. The summed E-state index contributed by atoms with van der Waals surface area (Å²) in [4.78, 5) is 18.6. The van der Waals surface area contributed by atoms with Crippen LogP contribution in [0, 0.1) is 0 Å². The summed E-state index contributed by atoms with van der Waals surface area (Å²) in [6.45, 7) is 6.82. The van der Waals surface area contributed by atoms with Crippen molar-refractivity contribution in [2.75, 3.05) is 13.1 Å². The second-order valence-corrected chi connectivity index (χ2v) is 6.22. The first-order chi connectivity index (χ1) is 10.6. The molecule has 0 aliphatic heterocycles. The van der Waals surface area contributed by atoms with E-state index in [2.05, 4.69) is 35.9 Å². The third-order valence-electron chi connectivity index (χ3n) is 3.68. The van der Waals surface area contributed by atoms with Crippen molar-refractivity contribution < 1.29 is 9.90 Å². The Kier molecular flexibility index (Phi) is 6.10. The third-order valence-corrected chi connectivity index (χ3v) is 4.75. The summed E-state index contributed by atoms with van der Waals surface area (Å²) in [5.41, 5.74) is 1.92. The van der Waals surface area contributed by atoms with Crippen LogP contribution in [0.1, 0.15) is 39.8 Å². The molecule has 1 aromatic carbocycles. The molecule has 0 saturated heterocycles. The monoisotopic (exact) mass is 318 g/mol. The standard InChI is InChI=1S/C17H22N2O2S/c1-3-19(4-2)12-15-18-14(16(22-15)17(20)21)11-10-13-8-6-5-7-9-13/h5-9H,3-4,10-12H2,1-2H3,(H,20,21). The molecule has 5 heteroatoms. The molecule has 0 bridgehead atoms. The summed E-state index contributed by atoms with van der Waals surface area (Å²) in [6.07, 6.45) is 1.48. The number of rotatable bonds is 8. The summed E-state index contributed by atoms with van der Waals surface area (Å²) in [6, 6.07) is 10.1. The zero-order valence-corrected chi connectivity index (χ0v) is 13.9. The van der Waals surface area contributed by atoms with Crippen LogP contribution in [-0.2, 0) is 19.4 Å². The number of hydrogen-bond acceptors (Lipinski definition) is 4. The number of carboxylic acid groups (broad SMARTS) is 1. The molecule has 0 amide bonds. The Morgan fingerprint density at radius 2 is 1.86 bits per heavy atom. The molecule has 2 aromatic rings. The van der Waals surface area contributed by atoms with E-state index in [9.17, 15) is 9.90 Å². The van der Waals surface area contributed by atoms with Crippen molar-refractivity contribution in [3.63, 3.8) is 0 Å². The quantitative estimate of drug-likeness (QED) is 0.810. The fraction of sp³-hybridized carbons (Fsp3) is 0.412. The lowest BCUT2D eigenvalue weighted by Gasteiger charge is -2.15. The molecule has 0 aliphatic carbocycles. The van der Waals surface area contributed by atoms with Gasteiger partial charge in [0.05, 0.1) is 12.2 Å². The van der Waals surface area contributed by atoms with Crippen LogP contribution >= 0.6 is 11.3 Å². The van der Waals surface area contributed by atoms with Gasteiger partial charge in [-0.2, -0.15) is 0 Å². The van der Waals surface area contributed by atoms with Crippen LogP contribution in [0.25, 0.3) is 0 Å². The molecule has 0 fully saturated rings. The van der Waals surface area contributed by atoms with Gasteiger partial charge in [0.1, 0.15) is 9.88 Å². The minimum atomic E-state index is -0.869. The lowest BCUT2D eigenvalue weighted by atomic mass is 10.1. The smallest absolute Gasteiger partial charge is 0.347 e. The van der Waals surface area contributed by atoms with Crippen LogP contribution in [0.3, 0.4) is 0 Å². The van der Waals surface area contributed by atoms with Crippen LogP contribution in [0.4, 0.5) is 0 Å². The van der Waals surface area contributed by atoms with Gasteiger partial charge >= 0.3 is 5.97 Å². The van der Waals surface area contributed by atoms with E-state index in [1.807, 2.05) is 18.2 Å². The van der Waals surface area contributed by atoms with Crippen molar-refractivity contribution in [2.45, 2.75) is 33.2 Å². The highest BCUT2D eigenvalue weighted by molar-refractivity contribution is 7.13. The fourth-order valence-corrected chi connectivity index (χ4v) is 3.34. The molecule has 0 atom stereocenters. The van der Waals surface area contributed by atoms with E-state index < -0.39 is 5.97 Å². The van der Waals surface area contributed by atoms with Crippen LogP contribution in [0.2, 0.25) is 0 Å². The van der Waals surface area contributed by atoms with Crippen LogP contribution < -0.4 is 0 Å². The number of aromatic nitrogens is 1. The van der Waals surface area contributed by atoms with Gasteiger partial charge in [-0.3, -0.25) is 4.90 Å². The normalized spacial score (nSPS) is 11.0. The Labute approximate surface area is 135 Å². The van der Waals surface area contributed by atoms with E-state index in [0.717, 1.165) is 31.1 Å². The van der Waals surface area contributed by atoms with E-state index in [4.69, 9.17) is 0 Å². The zero-order valence-electron chi connectivity index (χ0n) is 13.1. The van der Waals surface area contributed by atoms with Crippen molar-refractivity contribution in [3.05, 3.63) is 51.5 Å². The lowest BCUT2D eigenvalue weighted by Crippen LogP contribution is -2.21. The Hall–Kier alpha value is -1.72. The van der Waals surface area contributed by atoms with Gasteiger partial charge < -0.3 is 5.11 Å². The first-order valence-electron chi connectivity index (χ1n) is 7.62. The minimum absolute atomic E-state index is 0.387. The average Bonchev–Trinajstić information content (AvgIpc) is 2.95. The number of carbonyl (C=O) groups is 1. The predicted octanol–water partition coefficient (Wildman–Crippen LogP) is 3.47. The second-order valence-electron chi connectivity index (χ2n) is 5.14. The maximum absolute atomic E-state index is 11.4. The molecular formula is C17H22N2O2S. The zero-order chi connectivity index (χ0) is 15.9. The van der Waals surface area contributed by atoms with Gasteiger partial charge in [-0.1, -0.05) is 44.2 Å². The van der Waals surface area contributed by atoms with Gasteiger partial charge in [-0.15, -0.1) is 11.3 Å². The Morgan fingerprint density at radius 1 is 1.18 bits per heavy atom. The van der Waals surface area contributed by atoms with Crippen LogP contribution in [0.5, 0.6) is 0 Å². The fourth-order valence-electron chi connectivity index (χ4n) is 2.35. The molecule has 0 spiro atoms. The van der Waals surface area contributed by atoms with E-state index in [-0.39, 0.29) is 0 Å². The van der Waals surface area contributed by atoms with Gasteiger partial charge in [0.25, 0.3) is 0 Å². The number of aryl methyl sites for hydroxylation is 2. The summed E-state index contributed by atoms with van der Waals surface area (Å²) in [5.74, 6) is -0.869.